The third kappa shape index (κ3) is 2.58. The Kier molecular flexibility index (Phi) is 4.14. The predicted molar refractivity (Wildman–Crippen MR) is 59.3 cm³/mol. The Morgan fingerprint density at radius 1 is 1.64 bits per heavy atom. The topological polar surface area (TPSA) is 26.3 Å². The van der Waals surface area contributed by atoms with Gasteiger partial charge >= 0.3 is 0 Å². The molecular formula is C11H16O2S. The first kappa shape index (κ1) is 11.2. The summed E-state index contributed by atoms with van der Waals surface area (Å²) in [6.45, 7) is 4.08. The zero-order chi connectivity index (χ0) is 10.6. The molecule has 0 spiro atoms. The van der Waals surface area contributed by atoms with Crippen LogP contribution in [-0.2, 0) is 0 Å². The van der Waals surface area contributed by atoms with Crippen LogP contribution in [0.5, 0.6) is 5.75 Å². The van der Waals surface area contributed by atoms with Crippen molar-refractivity contribution in [1.82, 2.24) is 0 Å². The molecule has 14 heavy (non-hydrogen) atoms. The average Bonchev–Trinajstić information content (AvgIpc) is 2.65. The number of carbonyl (C=O) groups is 1. The van der Waals surface area contributed by atoms with Gasteiger partial charge in [0.15, 0.2) is 5.78 Å². The largest absolute Gasteiger partial charge is 0.496 e. The smallest absolute Gasteiger partial charge is 0.175 e. The first-order chi connectivity index (χ1) is 6.69. The van der Waals surface area contributed by atoms with Crippen LogP contribution in [0, 0.1) is 5.92 Å². The first-order valence-electron chi connectivity index (χ1n) is 4.85. The molecule has 0 amide bonds. The lowest BCUT2D eigenvalue weighted by Crippen LogP contribution is -2.09. The molecule has 78 valence electrons. The van der Waals surface area contributed by atoms with E-state index in [4.69, 9.17) is 4.74 Å². The van der Waals surface area contributed by atoms with E-state index in [2.05, 4.69) is 6.92 Å². The molecule has 1 heterocycles. The summed E-state index contributed by atoms with van der Waals surface area (Å²) in [5, 5.41) is 1.87. The van der Waals surface area contributed by atoms with Crippen molar-refractivity contribution in [3.8, 4) is 5.75 Å². The van der Waals surface area contributed by atoms with Crippen molar-refractivity contribution in [3.63, 3.8) is 0 Å². The van der Waals surface area contributed by atoms with E-state index in [0.29, 0.717) is 0 Å². The molecule has 0 N–H and O–H groups in total. The fourth-order valence-electron chi connectivity index (χ4n) is 1.36. The van der Waals surface area contributed by atoms with Gasteiger partial charge in [0.1, 0.15) is 5.75 Å². The number of hydrogen-bond donors (Lipinski definition) is 0. The van der Waals surface area contributed by atoms with E-state index < -0.39 is 0 Å². The summed E-state index contributed by atoms with van der Waals surface area (Å²) in [5.74, 6) is 1.14. The summed E-state index contributed by atoms with van der Waals surface area (Å²) >= 11 is 1.46. The van der Waals surface area contributed by atoms with E-state index in [1.54, 1.807) is 7.11 Å². The van der Waals surface area contributed by atoms with Crippen LogP contribution in [-0.4, -0.2) is 12.9 Å². The molecule has 2 nitrogen and oxygen atoms in total. The van der Waals surface area contributed by atoms with Crippen LogP contribution in [0.3, 0.4) is 0 Å². The van der Waals surface area contributed by atoms with Crippen molar-refractivity contribution >= 4 is 17.1 Å². The Bertz CT molecular complexity index is 304. The molecule has 1 atom stereocenters. The van der Waals surface area contributed by atoms with Crippen molar-refractivity contribution in [2.24, 2.45) is 5.92 Å². The molecule has 0 aromatic carbocycles. The van der Waals surface area contributed by atoms with E-state index in [9.17, 15) is 4.79 Å². The maximum absolute atomic E-state index is 11.8. The van der Waals surface area contributed by atoms with E-state index in [0.717, 1.165) is 23.5 Å². The average molecular weight is 212 g/mol. The highest BCUT2D eigenvalue weighted by atomic mass is 32.1. The van der Waals surface area contributed by atoms with Crippen molar-refractivity contribution < 1.29 is 9.53 Å². The molecule has 0 aliphatic carbocycles. The number of hydrogen-bond acceptors (Lipinski definition) is 3. The van der Waals surface area contributed by atoms with Crippen LogP contribution in [0.15, 0.2) is 11.4 Å². The zero-order valence-corrected chi connectivity index (χ0v) is 9.69. The molecule has 0 radical (unpaired) electrons. The minimum Gasteiger partial charge on any atom is -0.496 e. The Labute approximate surface area is 88.9 Å². The lowest BCUT2D eigenvalue weighted by atomic mass is 10.00. The van der Waals surface area contributed by atoms with E-state index in [-0.39, 0.29) is 11.7 Å². The molecule has 0 bridgehead atoms. The fraction of sp³-hybridized carbons (Fsp3) is 0.545. The number of ketones is 1. The summed E-state index contributed by atoms with van der Waals surface area (Å²) in [7, 11) is 1.62. The maximum atomic E-state index is 11.8. The van der Waals surface area contributed by atoms with Gasteiger partial charge in [0.05, 0.1) is 12.0 Å². The Hall–Kier alpha value is -0.830. The van der Waals surface area contributed by atoms with Crippen molar-refractivity contribution in [2.45, 2.75) is 26.7 Å². The van der Waals surface area contributed by atoms with E-state index >= 15 is 0 Å². The molecule has 0 saturated heterocycles. The summed E-state index contributed by atoms with van der Waals surface area (Å²) in [4.78, 5) is 12.6. The predicted octanol–water partition coefficient (Wildman–Crippen LogP) is 3.38. The molecule has 0 aliphatic heterocycles. The van der Waals surface area contributed by atoms with Gasteiger partial charge in [-0.1, -0.05) is 20.3 Å². The standard InChI is InChI=1S/C11H16O2S/c1-4-5-8(2)11(12)10-6-9(13-3)7-14-10/h6-8H,4-5H2,1-3H3. The molecule has 1 aromatic rings. The summed E-state index contributed by atoms with van der Waals surface area (Å²) in [6.07, 6.45) is 2.01. The van der Waals surface area contributed by atoms with Crippen LogP contribution >= 0.6 is 11.3 Å². The third-order valence-electron chi connectivity index (χ3n) is 2.22. The zero-order valence-electron chi connectivity index (χ0n) is 8.87. The maximum Gasteiger partial charge on any atom is 0.175 e. The molecule has 0 saturated carbocycles. The van der Waals surface area contributed by atoms with Gasteiger partial charge in [0.25, 0.3) is 0 Å². The second-order valence-corrected chi connectivity index (χ2v) is 4.32. The van der Waals surface area contributed by atoms with Gasteiger partial charge in [-0.15, -0.1) is 11.3 Å². The molecule has 0 fully saturated rings. The summed E-state index contributed by atoms with van der Waals surface area (Å²) in [6, 6.07) is 1.82. The Morgan fingerprint density at radius 2 is 2.36 bits per heavy atom. The first-order valence-corrected chi connectivity index (χ1v) is 5.73. The molecule has 1 unspecified atom stereocenters. The lowest BCUT2D eigenvalue weighted by molar-refractivity contribution is 0.0927. The van der Waals surface area contributed by atoms with Crippen LogP contribution in [0.4, 0.5) is 0 Å². The second-order valence-electron chi connectivity index (χ2n) is 3.40. The molecule has 3 heteroatoms. The Morgan fingerprint density at radius 3 is 2.86 bits per heavy atom. The number of rotatable bonds is 5. The summed E-state index contributed by atoms with van der Waals surface area (Å²) in [5.41, 5.74) is 0. The van der Waals surface area contributed by atoms with Crippen molar-refractivity contribution in [2.75, 3.05) is 7.11 Å². The molecular weight excluding hydrogens is 196 g/mol. The van der Waals surface area contributed by atoms with Crippen molar-refractivity contribution in [3.05, 3.63) is 16.3 Å². The van der Waals surface area contributed by atoms with Gasteiger partial charge in [-0.3, -0.25) is 4.79 Å². The monoisotopic (exact) mass is 212 g/mol. The van der Waals surface area contributed by atoms with Crippen LogP contribution in [0.1, 0.15) is 36.4 Å². The molecule has 1 aromatic heterocycles. The fourth-order valence-corrected chi connectivity index (χ4v) is 2.27. The van der Waals surface area contributed by atoms with E-state index in [1.165, 1.54) is 11.3 Å². The van der Waals surface area contributed by atoms with Crippen LogP contribution < -0.4 is 4.74 Å². The molecule has 1 rings (SSSR count). The van der Waals surface area contributed by atoms with Gasteiger partial charge in [0, 0.05) is 17.4 Å². The Balaban J connectivity index is 2.68. The highest BCUT2D eigenvalue weighted by Gasteiger charge is 2.16. The highest BCUT2D eigenvalue weighted by molar-refractivity contribution is 7.12. The second kappa shape index (κ2) is 5.15. The van der Waals surface area contributed by atoms with Gasteiger partial charge < -0.3 is 4.74 Å². The lowest BCUT2D eigenvalue weighted by Gasteiger charge is -2.05. The number of Topliss-reactive ketones (excluding diaryl/α,β-unsaturated/α-hetero) is 1. The normalized spacial score (nSPS) is 12.5. The van der Waals surface area contributed by atoms with Gasteiger partial charge in [-0.25, -0.2) is 0 Å². The van der Waals surface area contributed by atoms with Gasteiger partial charge in [-0.05, 0) is 6.42 Å². The van der Waals surface area contributed by atoms with Crippen molar-refractivity contribution in [1.29, 1.82) is 0 Å². The van der Waals surface area contributed by atoms with E-state index in [1.807, 2.05) is 18.4 Å². The molecule has 0 aliphatic rings. The number of ether oxygens (including phenoxy) is 1. The van der Waals surface area contributed by atoms with Crippen LogP contribution in [0.25, 0.3) is 0 Å². The minimum absolute atomic E-state index is 0.128. The third-order valence-corrected chi connectivity index (χ3v) is 3.15. The highest BCUT2D eigenvalue weighted by Crippen LogP contribution is 2.24. The quantitative estimate of drug-likeness (QED) is 0.699. The number of carbonyl (C=O) groups excluding carboxylic acids is 1. The minimum atomic E-state index is 0.128. The SMILES string of the molecule is CCCC(C)C(=O)c1cc(OC)cs1. The van der Waals surface area contributed by atoms with Gasteiger partial charge in [0.2, 0.25) is 0 Å². The van der Waals surface area contributed by atoms with Crippen LogP contribution in [0.2, 0.25) is 0 Å². The van der Waals surface area contributed by atoms with Gasteiger partial charge in [-0.2, -0.15) is 0 Å². The summed E-state index contributed by atoms with van der Waals surface area (Å²) < 4.78 is 5.04. The number of methoxy groups -OCH3 is 1. The number of thiophene rings is 1.